The first-order valence-corrected chi connectivity index (χ1v) is 8.63. The van der Waals surface area contributed by atoms with Gasteiger partial charge in [-0.1, -0.05) is 30.3 Å². The van der Waals surface area contributed by atoms with Crippen LogP contribution >= 0.6 is 0 Å². The van der Waals surface area contributed by atoms with Crippen LogP contribution in [0.3, 0.4) is 0 Å². The lowest BCUT2D eigenvalue weighted by Gasteiger charge is -2.18. The zero-order chi connectivity index (χ0) is 17.9. The first-order valence-electron chi connectivity index (χ1n) is 8.63. The number of hydrogen-bond acceptors (Lipinski definition) is 4. The number of carbonyl (C=O) groups excluding carboxylic acids is 1. The second-order valence-electron chi connectivity index (χ2n) is 6.40. The Balaban J connectivity index is 1.51. The number of aromatic nitrogens is 3. The Labute approximate surface area is 151 Å². The number of carbonyl (C=O) groups is 1. The van der Waals surface area contributed by atoms with Crippen LogP contribution in [0.2, 0.25) is 0 Å². The first kappa shape index (κ1) is 16.5. The van der Waals surface area contributed by atoms with Gasteiger partial charge in [-0.15, -0.1) is 0 Å². The van der Waals surface area contributed by atoms with Crippen molar-refractivity contribution in [3.63, 3.8) is 0 Å². The summed E-state index contributed by atoms with van der Waals surface area (Å²) in [5, 5.41) is 7.26. The number of nitrogens with one attached hydrogen (secondary N) is 1. The van der Waals surface area contributed by atoms with Crippen LogP contribution in [0, 0.1) is 0 Å². The highest BCUT2D eigenvalue weighted by atomic mass is 16.5. The molecule has 0 bridgehead atoms. The van der Waals surface area contributed by atoms with Gasteiger partial charge < -0.3 is 10.1 Å². The molecule has 26 heavy (non-hydrogen) atoms. The molecule has 0 spiro atoms. The van der Waals surface area contributed by atoms with Crippen LogP contribution < -0.4 is 5.32 Å². The number of amides is 1. The van der Waals surface area contributed by atoms with E-state index in [4.69, 9.17) is 4.74 Å². The van der Waals surface area contributed by atoms with Gasteiger partial charge >= 0.3 is 0 Å². The van der Waals surface area contributed by atoms with E-state index in [2.05, 4.69) is 15.4 Å². The molecule has 6 heteroatoms. The standard InChI is InChI=1S/C20H20N4O2/c1-24-13-16(12-22-24)19-17(8-10-26-19)23-20(25)18-11-15(7-9-21-18)14-5-3-2-4-6-14/h2-7,9,11-13,17,19H,8,10H2,1H3,(H,23,25)/t17-,19+/m1/s1. The number of pyridine rings is 1. The largest absolute Gasteiger partial charge is 0.371 e. The molecule has 4 rings (SSSR count). The number of hydrogen-bond donors (Lipinski definition) is 1. The fourth-order valence-corrected chi connectivity index (χ4v) is 3.26. The van der Waals surface area contributed by atoms with E-state index < -0.39 is 0 Å². The zero-order valence-electron chi connectivity index (χ0n) is 14.5. The van der Waals surface area contributed by atoms with Crippen molar-refractivity contribution >= 4 is 5.91 Å². The molecule has 1 aliphatic rings. The quantitative estimate of drug-likeness (QED) is 0.787. The fourth-order valence-electron chi connectivity index (χ4n) is 3.26. The highest BCUT2D eigenvalue weighted by Gasteiger charge is 2.32. The zero-order valence-corrected chi connectivity index (χ0v) is 14.5. The summed E-state index contributed by atoms with van der Waals surface area (Å²) in [4.78, 5) is 17.0. The van der Waals surface area contributed by atoms with Crippen molar-refractivity contribution in [3.05, 3.63) is 72.3 Å². The summed E-state index contributed by atoms with van der Waals surface area (Å²) < 4.78 is 7.54. The summed E-state index contributed by atoms with van der Waals surface area (Å²) in [6, 6.07) is 13.6. The van der Waals surface area contributed by atoms with Gasteiger partial charge in [0.2, 0.25) is 0 Å². The maximum absolute atomic E-state index is 12.7. The third-order valence-corrected chi connectivity index (χ3v) is 4.56. The predicted octanol–water partition coefficient (Wildman–Crippen LogP) is 2.74. The molecule has 1 aromatic carbocycles. The SMILES string of the molecule is Cn1cc([C@@H]2OCC[C@H]2NC(=O)c2cc(-c3ccccc3)ccn2)cn1. The van der Waals surface area contributed by atoms with Crippen LogP contribution in [0.15, 0.2) is 61.1 Å². The van der Waals surface area contributed by atoms with E-state index in [-0.39, 0.29) is 18.1 Å². The van der Waals surface area contributed by atoms with Gasteiger partial charge in [-0.3, -0.25) is 14.5 Å². The summed E-state index contributed by atoms with van der Waals surface area (Å²) in [5.41, 5.74) is 3.41. The molecule has 2 atom stereocenters. The molecule has 3 heterocycles. The minimum absolute atomic E-state index is 0.0890. The van der Waals surface area contributed by atoms with Crippen molar-refractivity contribution < 1.29 is 9.53 Å². The normalized spacial score (nSPS) is 19.4. The summed E-state index contributed by atoms with van der Waals surface area (Å²) in [6.45, 7) is 0.613. The summed E-state index contributed by atoms with van der Waals surface area (Å²) in [7, 11) is 1.87. The van der Waals surface area contributed by atoms with E-state index in [0.29, 0.717) is 12.3 Å². The number of nitrogens with zero attached hydrogens (tertiary/aromatic N) is 3. The number of ether oxygens (including phenoxy) is 1. The Morgan fingerprint density at radius 2 is 2.08 bits per heavy atom. The topological polar surface area (TPSA) is 69.0 Å². The molecule has 1 fully saturated rings. The molecule has 3 aromatic rings. The fraction of sp³-hybridized carbons (Fsp3) is 0.250. The Bertz CT molecular complexity index is 907. The molecule has 1 saturated heterocycles. The number of benzene rings is 1. The molecule has 1 N–H and O–H groups in total. The van der Waals surface area contributed by atoms with E-state index in [1.165, 1.54) is 0 Å². The molecule has 0 saturated carbocycles. The Morgan fingerprint density at radius 1 is 1.23 bits per heavy atom. The molecule has 6 nitrogen and oxygen atoms in total. The molecule has 1 aliphatic heterocycles. The maximum atomic E-state index is 12.7. The first-order chi connectivity index (χ1) is 12.7. The lowest BCUT2D eigenvalue weighted by molar-refractivity contribution is 0.0818. The molecule has 132 valence electrons. The Kier molecular flexibility index (Phi) is 4.50. The van der Waals surface area contributed by atoms with Gasteiger partial charge in [-0.25, -0.2) is 0 Å². The second kappa shape index (κ2) is 7.09. The van der Waals surface area contributed by atoms with Crippen molar-refractivity contribution in [1.82, 2.24) is 20.1 Å². The molecule has 0 radical (unpaired) electrons. The van der Waals surface area contributed by atoms with Gasteiger partial charge in [0.05, 0.1) is 12.2 Å². The van der Waals surface area contributed by atoms with E-state index in [1.54, 1.807) is 17.1 Å². The molecular formula is C20H20N4O2. The Hall–Kier alpha value is -2.99. The molecule has 1 amide bonds. The smallest absolute Gasteiger partial charge is 0.270 e. The van der Waals surface area contributed by atoms with Gasteiger partial charge in [0.15, 0.2) is 0 Å². The van der Waals surface area contributed by atoms with Crippen molar-refractivity contribution in [2.75, 3.05) is 6.61 Å². The third-order valence-electron chi connectivity index (χ3n) is 4.56. The minimum Gasteiger partial charge on any atom is -0.371 e. The van der Waals surface area contributed by atoms with Crippen molar-refractivity contribution in [2.45, 2.75) is 18.6 Å². The van der Waals surface area contributed by atoms with Gasteiger partial charge in [-0.2, -0.15) is 5.10 Å². The second-order valence-corrected chi connectivity index (χ2v) is 6.40. The lowest BCUT2D eigenvalue weighted by atomic mass is 10.0. The molecule has 0 aliphatic carbocycles. The molecular weight excluding hydrogens is 328 g/mol. The van der Waals surface area contributed by atoms with Crippen LogP contribution in [-0.4, -0.2) is 33.3 Å². The lowest BCUT2D eigenvalue weighted by Crippen LogP contribution is -2.37. The number of aryl methyl sites for hydroxylation is 1. The van der Waals surface area contributed by atoms with Crippen LogP contribution in [-0.2, 0) is 11.8 Å². The highest BCUT2D eigenvalue weighted by molar-refractivity contribution is 5.93. The molecule has 0 unspecified atom stereocenters. The average Bonchev–Trinajstić information content (AvgIpc) is 3.31. The van der Waals surface area contributed by atoms with Crippen LogP contribution in [0.5, 0.6) is 0 Å². The van der Waals surface area contributed by atoms with E-state index >= 15 is 0 Å². The van der Waals surface area contributed by atoms with Gasteiger partial charge in [0.1, 0.15) is 11.8 Å². The summed E-state index contributed by atoms with van der Waals surface area (Å²) >= 11 is 0. The van der Waals surface area contributed by atoms with Crippen LogP contribution in [0.1, 0.15) is 28.6 Å². The summed E-state index contributed by atoms with van der Waals surface area (Å²) in [5.74, 6) is -0.188. The van der Waals surface area contributed by atoms with Gasteiger partial charge in [-0.05, 0) is 29.7 Å². The molecule has 2 aromatic heterocycles. The third kappa shape index (κ3) is 3.36. The predicted molar refractivity (Wildman–Crippen MR) is 97.4 cm³/mol. The Morgan fingerprint density at radius 3 is 2.85 bits per heavy atom. The van der Waals surface area contributed by atoms with Gasteiger partial charge in [0, 0.05) is 31.6 Å². The van der Waals surface area contributed by atoms with E-state index in [9.17, 15) is 4.79 Å². The summed E-state index contributed by atoms with van der Waals surface area (Å²) in [6.07, 6.45) is 5.96. The maximum Gasteiger partial charge on any atom is 0.270 e. The van der Waals surface area contributed by atoms with E-state index in [1.807, 2.05) is 55.7 Å². The van der Waals surface area contributed by atoms with E-state index in [0.717, 1.165) is 23.1 Å². The highest BCUT2D eigenvalue weighted by Crippen LogP contribution is 2.29. The average molecular weight is 348 g/mol. The van der Waals surface area contributed by atoms with Crippen LogP contribution in [0.4, 0.5) is 0 Å². The van der Waals surface area contributed by atoms with Crippen molar-refractivity contribution in [1.29, 1.82) is 0 Å². The number of rotatable bonds is 4. The monoisotopic (exact) mass is 348 g/mol. The van der Waals surface area contributed by atoms with Crippen molar-refractivity contribution in [3.8, 4) is 11.1 Å². The minimum atomic E-state index is -0.188. The van der Waals surface area contributed by atoms with Crippen molar-refractivity contribution in [2.24, 2.45) is 7.05 Å². The van der Waals surface area contributed by atoms with Crippen LogP contribution in [0.25, 0.3) is 11.1 Å². The van der Waals surface area contributed by atoms with Gasteiger partial charge in [0.25, 0.3) is 5.91 Å².